The zero-order valence-corrected chi connectivity index (χ0v) is 24.9. The molecule has 44 heavy (non-hydrogen) atoms. The maximum absolute atomic E-state index is 13.1. The fraction of sp³-hybridized carbons (Fsp3) is 0.200. The number of allylic oxidation sites excluding steroid dienone is 1. The number of carbonyl (C=O) groups is 3. The lowest BCUT2D eigenvalue weighted by Gasteiger charge is -2.49. The number of carbonyl (C=O) groups excluding carboxylic acids is 2. The van der Waals surface area contributed by atoms with Gasteiger partial charge < -0.3 is 21.0 Å². The Labute approximate surface area is 260 Å². The molecule has 1 fully saturated rings. The maximum Gasteiger partial charge on any atom is 0.416 e. The molecule has 2 amide bonds. The molecule has 4 heterocycles. The minimum Gasteiger partial charge on any atom is -0.477 e. The highest BCUT2D eigenvalue weighted by Crippen LogP contribution is 2.41. The molecule has 2 atom stereocenters. The number of oxime groups is 1. The van der Waals surface area contributed by atoms with Crippen LogP contribution in [-0.4, -0.2) is 62.5 Å². The maximum atomic E-state index is 13.1. The van der Waals surface area contributed by atoms with E-state index in [2.05, 4.69) is 20.3 Å². The molecule has 2 aliphatic rings. The van der Waals surface area contributed by atoms with Gasteiger partial charge in [0.1, 0.15) is 22.8 Å². The van der Waals surface area contributed by atoms with Crippen LogP contribution in [0.2, 0.25) is 0 Å². The molecule has 1 unspecified atom stereocenters. The van der Waals surface area contributed by atoms with Crippen LogP contribution in [0, 0.1) is 0 Å². The smallest absolute Gasteiger partial charge is 0.416 e. The summed E-state index contributed by atoms with van der Waals surface area (Å²) in [5.74, 6) is -2.91. The van der Waals surface area contributed by atoms with Gasteiger partial charge in [-0.25, -0.2) is 14.2 Å². The van der Waals surface area contributed by atoms with E-state index in [1.54, 1.807) is 0 Å². The Bertz CT molecular complexity index is 1820. The summed E-state index contributed by atoms with van der Waals surface area (Å²) in [7, 11) is 0. The summed E-state index contributed by atoms with van der Waals surface area (Å²) < 4.78 is 52.5. The molecule has 1 saturated heterocycles. The topological polar surface area (TPSA) is 164 Å². The number of thiazole rings is 1. The first-order valence-electron chi connectivity index (χ1n) is 12.1. The number of nitrogens with two attached hydrogens (primary N) is 1. The second-order valence-corrected chi connectivity index (χ2v) is 13.1. The van der Waals surface area contributed by atoms with E-state index in [0.29, 0.717) is 4.21 Å². The van der Waals surface area contributed by atoms with Gasteiger partial charge in [-0.15, -0.1) is 34.4 Å². The van der Waals surface area contributed by atoms with Gasteiger partial charge in [-0.1, -0.05) is 16.9 Å². The Morgan fingerprint density at radius 1 is 1.30 bits per heavy atom. The van der Waals surface area contributed by atoms with Gasteiger partial charge in [-0.2, -0.15) is 13.2 Å². The van der Waals surface area contributed by atoms with Crippen LogP contribution in [0.4, 0.5) is 22.7 Å². The Morgan fingerprint density at radius 2 is 2.07 bits per heavy atom. The van der Waals surface area contributed by atoms with E-state index < -0.39 is 58.9 Å². The molecule has 0 bridgehead atoms. The van der Waals surface area contributed by atoms with Crippen LogP contribution in [-0.2, 0) is 25.4 Å². The van der Waals surface area contributed by atoms with E-state index >= 15 is 0 Å². The monoisotopic (exact) mass is 687 g/mol. The molecular weight excluding hydrogens is 671 g/mol. The normalized spacial score (nSPS) is 18.9. The largest absolute Gasteiger partial charge is 0.477 e. The second-order valence-electron chi connectivity index (χ2n) is 8.85. The first kappa shape index (κ1) is 31.5. The van der Waals surface area contributed by atoms with Gasteiger partial charge in [0, 0.05) is 27.3 Å². The lowest BCUT2D eigenvalue weighted by Crippen LogP contribution is -2.71. The molecule has 2 aliphatic heterocycles. The predicted molar refractivity (Wildman–Crippen MR) is 158 cm³/mol. The SMILES string of the molecule is Nc1nc(C(=NOCF)C(=O)NC2C(=O)N3C(C(=O)O)=C(C=CSc4cc(=O)c5ccc(C(F)(F)F)cc5s4)CS[C@@H]23)cs1. The highest BCUT2D eigenvalue weighted by Gasteiger charge is 2.54. The summed E-state index contributed by atoms with van der Waals surface area (Å²) in [6, 6.07) is 3.01. The summed E-state index contributed by atoms with van der Waals surface area (Å²) in [6.07, 6.45) is -3.13. The number of nitrogens with zero attached hydrogens (tertiary/aromatic N) is 3. The van der Waals surface area contributed by atoms with Crippen LogP contribution in [0.5, 0.6) is 0 Å². The van der Waals surface area contributed by atoms with Gasteiger partial charge >= 0.3 is 12.1 Å². The van der Waals surface area contributed by atoms with Crippen molar-refractivity contribution in [2.24, 2.45) is 5.16 Å². The van der Waals surface area contributed by atoms with Crippen molar-refractivity contribution in [3.05, 3.63) is 73.9 Å². The van der Waals surface area contributed by atoms with Crippen LogP contribution in [0.1, 0.15) is 11.3 Å². The minimum absolute atomic E-state index is 0.00774. The van der Waals surface area contributed by atoms with Crippen molar-refractivity contribution >= 4 is 84.9 Å². The number of thioether (sulfide) groups is 2. The molecule has 2 aromatic heterocycles. The van der Waals surface area contributed by atoms with Crippen molar-refractivity contribution in [2.45, 2.75) is 21.8 Å². The molecule has 0 aliphatic carbocycles. The Morgan fingerprint density at radius 3 is 2.73 bits per heavy atom. The lowest BCUT2D eigenvalue weighted by molar-refractivity contribution is -0.150. The van der Waals surface area contributed by atoms with Gasteiger partial charge in [0.15, 0.2) is 16.3 Å². The van der Waals surface area contributed by atoms with Gasteiger partial charge in [0.25, 0.3) is 18.7 Å². The molecule has 0 radical (unpaired) electrons. The summed E-state index contributed by atoms with van der Waals surface area (Å²) in [5, 5.41) is 18.1. The van der Waals surface area contributed by atoms with Crippen molar-refractivity contribution in [3.63, 3.8) is 0 Å². The van der Waals surface area contributed by atoms with Gasteiger partial charge in [-0.05, 0) is 35.3 Å². The number of hydrogen-bond acceptors (Lipinski definition) is 12. The van der Waals surface area contributed by atoms with E-state index in [9.17, 15) is 41.8 Å². The molecule has 11 nitrogen and oxygen atoms in total. The zero-order valence-electron chi connectivity index (χ0n) is 21.7. The number of amides is 2. The molecule has 0 spiro atoms. The number of carboxylic acids is 1. The highest BCUT2D eigenvalue weighted by molar-refractivity contribution is 8.04. The van der Waals surface area contributed by atoms with Crippen LogP contribution < -0.4 is 16.5 Å². The van der Waals surface area contributed by atoms with Crippen LogP contribution in [0.25, 0.3) is 10.1 Å². The van der Waals surface area contributed by atoms with Crippen molar-refractivity contribution in [1.82, 2.24) is 15.2 Å². The molecule has 3 aromatic rings. The second kappa shape index (κ2) is 12.6. The number of nitrogen functional groups attached to an aromatic ring is 1. The number of anilines is 1. The number of aromatic nitrogens is 1. The number of aliphatic carboxylic acids is 1. The molecule has 4 N–H and O–H groups in total. The lowest BCUT2D eigenvalue weighted by atomic mass is 10.0. The van der Waals surface area contributed by atoms with Crippen LogP contribution in [0.3, 0.4) is 0 Å². The fourth-order valence-electron chi connectivity index (χ4n) is 4.22. The molecular formula is C25H17F4N5O6S4. The first-order valence-corrected chi connectivity index (χ1v) is 15.7. The van der Waals surface area contributed by atoms with Crippen molar-refractivity contribution in [2.75, 3.05) is 18.3 Å². The molecule has 19 heteroatoms. The third-order valence-corrected chi connectivity index (χ3v) is 10.2. The first-order chi connectivity index (χ1) is 20.9. The number of nitrogens with one attached hydrogen (secondary N) is 1. The summed E-state index contributed by atoms with van der Waals surface area (Å²) in [4.78, 5) is 59.8. The fourth-order valence-corrected chi connectivity index (χ4v) is 8.10. The van der Waals surface area contributed by atoms with Crippen LogP contribution in [0.15, 0.2) is 66.6 Å². The number of β-lactam (4-membered cyclic amide) rings is 1. The average molecular weight is 688 g/mol. The Hall–Kier alpha value is -3.94. The van der Waals surface area contributed by atoms with E-state index in [0.717, 1.165) is 57.5 Å². The number of alkyl halides is 4. The standard InChI is InChI=1S/C25H17F4N5O6S4/c26-9-40-33-17(13-8-43-24(30)31-13)20(36)32-18-21(37)34-19(23(38)39)10(7-42-22(18)34)3-4-41-16-6-14(35)12-2-1-11(25(27,28)29)5-15(12)44-16/h1-6,8,18,22H,7,9H2,(H2,30,31)(H,32,36)(H,38,39)/t18?,22-/m0/s1. The summed E-state index contributed by atoms with van der Waals surface area (Å²) in [6.45, 7) is -1.33. The van der Waals surface area contributed by atoms with Gasteiger partial charge in [0.05, 0.1) is 9.77 Å². The third kappa shape index (κ3) is 6.30. The van der Waals surface area contributed by atoms with Crippen molar-refractivity contribution in [3.8, 4) is 0 Å². The minimum atomic E-state index is -4.57. The molecule has 230 valence electrons. The highest BCUT2D eigenvalue weighted by atomic mass is 32.2. The summed E-state index contributed by atoms with van der Waals surface area (Å²) >= 11 is 4.14. The average Bonchev–Trinajstić information content (AvgIpc) is 3.40. The van der Waals surface area contributed by atoms with E-state index in [1.807, 2.05) is 0 Å². The number of halogens is 4. The predicted octanol–water partition coefficient (Wildman–Crippen LogP) is 4.01. The molecule has 0 saturated carbocycles. The van der Waals surface area contributed by atoms with E-state index in [4.69, 9.17) is 5.73 Å². The van der Waals surface area contributed by atoms with Gasteiger partial charge in [0.2, 0.25) is 0 Å². The summed E-state index contributed by atoms with van der Waals surface area (Å²) in [5.41, 5.74) is 3.74. The molecule has 1 aromatic carbocycles. The zero-order chi connectivity index (χ0) is 31.8. The third-order valence-electron chi connectivity index (χ3n) is 6.16. The number of benzene rings is 1. The quantitative estimate of drug-likeness (QED) is 0.0985. The molecule has 5 rings (SSSR count). The van der Waals surface area contributed by atoms with E-state index in [-0.39, 0.29) is 37.9 Å². The van der Waals surface area contributed by atoms with Crippen LogP contribution >= 0.6 is 46.2 Å². The Balaban J connectivity index is 1.33. The number of rotatable bonds is 9. The number of carboxylic acid groups (broad SMARTS) is 1. The van der Waals surface area contributed by atoms with Crippen molar-refractivity contribution < 1.29 is 41.9 Å². The Kier molecular flexibility index (Phi) is 9.00. The number of fused-ring (bicyclic) bond motifs is 2. The van der Waals surface area contributed by atoms with E-state index in [1.165, 1.54) is 34.7 Å². The number of hydrogen-bond donors (Lipinski definition) is 3. The van der Waals surface area contributed by atoms with Crippen molar-refractivity contribution in [1.29, 1.82) is 0 Å². The van der Waals surface area contributed by atoms with Gasteiger partial charge in [-0.3, -0.25) is 19.3 Å².